The zero-order valence-corrected chi connectivity index (χ0v) is 19.5. The van der Waals surface area contributed by atoms with E-state index in [4.69, 9.17) is 9.47 Å². The second-order valence-corrected chi connectivity index (χ2v) is 8.31. The van der Waals surface area contributed by atoms with Crippen LogP contribution in [-0.4, -0.2) is 66.3 Å². The van der Waals surface area contributed by atoms with Gasteiger partial charge in [-0.2, -0.15) is 0 Å². The van der Waals surface area contributed by atoms with Crippen LogP contribution in [-0.2, 0) is 16.6 Å². The predicted octanol–water partition coefficient (Wildman–Crippen LogP) is 4.01. The van der Waals surface area contributed by atoms with Crippen molar-refractivity contribution < 1.29 is 19.1 Å². The summed E-state index contributed by atoms with van der Waals surface area (Å²) in [4.78, 5) is 28.9. The molecule has 0 spiro atoms. The van der Waals surface area contributed by atoms with Crippen molar-refractivity contribution in [2.75, 3.05) is 39.9 Å². The smallest absolute Gasteiger partial charge is 0.409 e. The van der Waals surface area contributed by atoms with Crippen molar-refractivity contribution in [1.29, 1.82) is 0 Å². The van der Waals surface area contributed by atoms with E-state index in [1.807, 2.05) is 48.3 Å². The molecule has 1 unspecified atom stereocenters. The Morgan fingerprint density at radius 2 is 1.64 bits per heavy atom. The maximum Gasteiger partial charge on any atom is 0.409 e. The molecule has 1 aliphatic heterocycles. The third-order valence-electron chi connectivity index (χ3n) is 6.36. The van der Waals surface area contributed by atoms with E-state index < -0.39 is 0 Å². The summed E-state index contributed by atoms with van der Waals surface area (Å²) >= 11 is 0. The molecule has 33 heavy (non-hydrogen) atoms. The van der Waals surface area contributed by atoms with Crippen LogP contribution in [0.1, 0.15) is 30.4 Å². The van der Waals surface area contributed by atoms with Crippen LogP contribution in [0.4, 0.5) is 4.79 Å². The molecule has 0 saturated carbocycles. The maximum absolute atomic E-state index is 13.4. The number of methoxy groups -OCH3 is 1. The average molecular weight is 450 g/mol. The molecular formula is C26H31N3O4. The molecule has 7 nitrogen and oxygen atoms in total. The van der Waals surface area contributed by atoms with E-state index in [0.29, 0.717) is 39.2 Å². The Balaban J connectivity index is 1.58. The van der Waals surface area contributed by atoms with Crippen molar-refractivity contribution >= 4 is 22.9 Å². The number of nitrogens with zero attached hydrogens (tertiary/aromatic N) is 3. The van der Waals surface area contributed by atoms with Crippen LogP contribution in [0.2, 0.25) is 0 Å². The zero-order chi connectivity index (χ0) is 23.4. The Hall–Kier alpha value is -3.48. The van der Waals surface area contributed by atoms with E-state index in [0.717, 1.165) is 27.8 Å². The summed E-state index contributed by atoms with van der Waals surface area (Å²) in [5.41, 5.74) is 3.35. The third-order valence-corrected chi connectivity index (χ3v) is 6.36. The molecule has 7 heteroatoms. The fourth-order valence-electron chi connectivity index (χ4n) is 4.55. The molecule has 0 aliphatic carbocycles. The van der Waals surface area contributed by atoms with E-state index in [2.05, 4.69) is 22.9 Å². The first-order valence-corrected chi connectivity index (χ1v) is 11.4. The van der Waals surface area contributed by atoms with Gasteiger partial charge in [0.15, 0.2) is 0 Å². The maximum atomic E-state index is 13.4. The quantitative estimate of drug-likeness (QED) is 0.570. The van der Waals surface area contributed by atoms with Crippen molar-refractivity contribution in [2.24, 2.45) is 7.05 Å². The fourth-order valence-corrected chi connectivity index (χ4v) is 4.55. The van der Waals surface area contributed by atoms with Crippen LogP contribution in [0, 0.1) is 0 Å². The minimum Gasteiger partial charge on any atom is -0.497 e. The topological polar surface area (TPSA) is 64.0 Å². The van der Waals surface area contributed by atoms with Gasteiger partial charge in [-0.1, -0.05) is 30.3 Å². The highest BCUT2D eigenvalue weighted by atomic mass is 16.6. The monoisotopic (exact) mass is 449 g/mol. The lowest BCUT2D eigenvalue weighted by atomic mass is 9.87. The summed E-state index contributed by atoms with van der Waals surface area (Å²) in [6, 6.07) is 16.2. The fraction of sp³-hybridized carbons (Fsp3) is 0.385. The normalized spacial score (nSPS) is 14.9. The number of hydrogen-bond acceptors (Lipinski definition) is 4. The Morgan fingerprint density at radius 3 is 2.30 bits per heavy atom. The first-order chi connectivity index (χ1) is 16.0. The van der Waals surface area contributed by atoms with Crippen LogP contribution < -0.4 is 4.74 Å². The van der Waals surface area contributed by atoms with Gasteiger partial charge >= 0.3 is 6.09 Å². The molecule has 3 aromatic rings. The van der Waals surface area contributed by atoms with E-state index in [1.54, 1.807) is 18.9 Å². The highest BCUT2D eigenvalue weighted by Gasteiger charge is 2.28. The number of fused-ring (bicyclic) bond motifs is 1. The number of carbonyl (C=O) groups is 2. The molecule has 1 fully saturated rings. The van der Waals surface area contributed by atoms with E-state index in [-0.39, 0.29) is 17.9 Å². The van der Waals surface area contributed by atoms with Gasteiger partial charge in [0.05, 0.1) is 13.7 Å². The Bertz CT molecular complexity index is 1110. The molecule has 174 valence electrons. The molecule has 0 radical (unpaired) electrons. The minimum absolute atomic E-state index is 0.0856. The van der Waals surface area contributed by atoms with Crippen molar-refractivity contribution in [3.05, 3.63) is 65.9 Å². The molecule has 2 heterocycles. The molecular weight excluding hydrogens is 418 g/mol. The molecule has 0 bridgehead atoms. The standard InChI is InChI=1S/C26H31N3O4/c1-4-33-26(31)29-15-13-28(14-16-29)25(30)17-22(19-9-11-20(32-3)12-10-19)23-18-27(2)24-8-6-5-7-21(23)24/h5-12,18,22H,4,13-17H2,1-3H3. The van der Waals surface area contributed by atoms with Crippen LogP contribution >= 0.6 is 0 Å². The van der Waals surface area contributed by atoms with Crippen molar-refractivity contribution in [1.82, 2.24) is 14.4 Å². The van der Waals surface area contributed by atoms with E-state index in [9.17, 15) is 9.59 Å². The summed E-state index contributed by atoms with van der Waals surface area (Å²) in [6.07, 6.45) is 2.18. The number of hydrogen-bond donors (Lipinski definition) is 0. The molecule has 1 aliphatic rings. The Labute approximate surface area is 194 Å². The molecule has 1 saturated heterocycles. The lowest BCUT2D eigenvalue weighted by molar-refractivity contribution is -0.133. The highest BCUT2D eigenvalue weighted by Crippen LogP contribution is 2.35. The van der Waals surface area contributed by atoms with Gasteiger partial charge in [-0.3, -0.25) is 4.79 Å². The van der Waals surface area contributed by atoms with Gasteiger partial charge < -0.3 is 23.8 Å². The lowest BCUT2D eigenvalue weighted by Gasteiger charge is -2.34. The number of para-hydroxylation sites is 1. The van der Waals surface area contributed by atoms with Crippen molar-refractivity contribution in [3.63, 3.8) is 0 Å². The number of carbonyl (C=O) groups excluding carboxylic acids is 2. The largest absolute Gasteiger partial charge is 0.497 e. The van der Waals surface area contributed by atoms with E-state index in [1.165, 1.54) is 0 Å². The number of aromatic nitrogens is 1. The molecule has 1 atom stereocenters. The number of ether oxygens (including phenoxy) is 2. The SMILES string of the molecule is CCOC(=O)N1CCN(C(=O)CC(c2ccc(OC)cc2)c2cn(C)c3ccccc23)CC1. The van der Waals surface area contributed by atoms with Gasteiger partial charge in [0, 0.05) is 62.7 Å². The number of piperazine rings is 1. The lowest BCUT2D eigenvalue weighted by Crippen LogP contribution is -2.50. The molecule has 2 aromatic carbocycles. The Kier molecular flexibility index (Phi) is 6.87. The summed E-state index contributed by atoms with van der Waals surface area (Å²) in [7, 11) is 3.68. The van der Waals surface area contributed by atoms with Crippen LogP contribution in [0.25, 0.3) is 10.9 Å². The molecule has 0 N–H and O–H groups in total. The number of amides is 2. The third kappa shape index (κ3) is 4.82. The van der Waals surface area contributed by atoms with Crippen LogP contribution in [0.15, 0.2) is 54.7 Å². The van der Waals surface area contributed by atoms with Gasteiger partial charge in [0.2, 0.25) is 5.91 Å². The average Bonchev–Trinajstić information content (AvgIpc) is 3.19. The van der Waals surface area contributed by atoms with Crippen LogP contribution in [0.3, 0.4) is 0 Å². The molecule has 2 amide bonds. The molecule has 4 rings (SSSR count). The Morgan fingerprint density at radius 1 is 0.970 bits per heavy atom. The second kappa shape index (κ2) is 9.98. The summed E-state index contributed by atoms with van der Waals surface area (Å²) in [5, 5.41) is 1.15. The highest BCUT2D eigenvalue weighted by molar-refractivity contribution is 5.86. The van der Waals surface area contributed by atoms with Gasteiger partial charge in [0.1, 0.15) is 5.75 Å². The van der Waals surface area contributed by atoms with Crippen LogP contribution in [0.5, 0.6) is 5.75 Å². The second-order valence-electron chi connectivity index (χ2n) is 8.31. The van der Waals surface area contributed by atoms with E-state index >= 15 is 0 Å². The minimum atomic E-state index is -0.309. The van der Waals surface area contributed by atoms with Crippen molar-refractivity contribution in [3.8, 4) is 5.75 Å². The zero-order valence-electron chi connectivity index (χ0n) is 19.5. The molecule has 1 aromatic heterocycles. The van der Waals surface area contributed by atoms with Crippen molar-refractivity contribution in [2.45, 2.75) is 19.3 Å². The number of aryl methyl sites for hydroxylation is 1. The van der Waals surface area contributed by atoms with Gasteiger partial charge in [-0.25, -0.2) is 4.79 Å². The van der Waals surface area contributed by atoms with Gasteiger partial charge in [0.25, 0.3) is 0 Å². The number of rotatable bonds is 6. The first kappa shape index (κ1) is 22.7. The first-order valence-electron chi connectivity index (χ1n) is 11.4. The summed E-state index contributed by atoms with van der Waals surface area (Å²) < 4.78 is 12.5. The van der Waals surface area contributed by atoms with Gasteiger partial charge in [-0.15, -0.1) is 0 Å². The van der Waals surface area contributed by atoms with Gasteiger partial charge in [-0.05, 0) is 36.2 Å². The number of benzene rings is 2. The summed E-state index contributed by atoms with van der Waals surface area (Å²) in [5.74, 6) is 0.793. The summed E-state index contributed by atoms with van der Waals surface area (Å²) in [6.45, 7) is 4.17. The predicted molar refractivity (Wildman–Crippen MR) is 128 cm³/mol.